The third-order valence-electron chi connectivity index (χ3n) is 7.77. The lowest BCUT2D eigenvalue weighted by atomic mass is 9.96. The van der Waals surface area contributed by atoms with Crippen LogP contribution in [0.5, 0.6) is 0 Å². The van der Waals surface area contributed by atoms with Gasteiger partial charge in [0.1, 0.15) is 0 Å². The minimum atomic E-state index is -0.390. The van der Waals surface area contributed by atoms with Gasteiger partial charge in [0.05, 0.1) is 22.7 Å². The van der Waals surface area contributed by atoms with Crippen LogP contribution in [0.2, 0.25) is 5.02 Å². The predicted octanol–water partition coefficient (Wildman–Crippen LogP) is 8.69. The standard InChI is InChI=1S/C33H28ClN5O2S2/c1-20-19-27(22(3)37(20)30-9-6-7-28(34)21(30)2)32-31(29-8-4-5-18-35-29)36-33(42)38(32)23-10-14-25(15-11-23)43-26-16-12-24(13-17-26)39(40)41/h4-19,31-32H,1-3H3,(H,36,42)/t31-,32-/m0/s1. The molecule has 43 heavy (non-hydrogen) atoms. The van der Waals surface area contributed by atoms with E-state index in [1.165, 1.54) is 12.1 Å². The molecule has 216 valence electrons. The van der Waals surface area contributed by atoms with Crippen molar-refractivity contribution in [2.45, 2.75) is 42.6 Å². The summed E-state index contributed by atoms with van der Waals surface area (Å²) < 4.78 is 2.26. The van der Waals surface area contributed by atoms with E-state index in [9.17, 15) is 10.1 Å². The van der Waals surface area contributed by atoms with Crippen molar-refractivity contribution in [1.82, 2.24) is 14.9 Å². The fourth-order valence-electron chi connectivity index (χ4n) is 5.69. The molecule has 1 fully saturated rings. The lowest BCUT2D eigenvalue weighted by Gasteiger charge is -2.28. The highest BCUT2D eigenvalue weighted by Gasteiger charge is 2.42. The Labute approximate surface area is 264 Å². The van der Waals surface area contributed by atoms with Crippen LogP contribution in [0.1, 0.15) is 40.3 Å². The highest BCUT2D eigenvalue weighted by Crippen LogP contribution is 2.44. The van der Waals surface area contributed by atoms with E-state index in [2.05, 4.69) is 52.9 Å². The third kappa shape index (κ3) is 5.51. The Hall–Kier alpha value is -4.18. The number of benzene rings is 3. The first-order valence-electron chi connectivity index (χ1n) is 13.7. The Morgan fingerprint density at radius 2 is 1.65 bits per heavy atom. The molecule has 2 atom stereocenters. The van der Waals surface area contributed by atoms with Gasteiger partial charge < -0.3 is 14.8 Å². The largest absolute Gasteiger partial charge is 0.351 e. The third-order valence-corrected chi connectivity index (χ3v) is 9.50. The first kappa shape index (κ1) is 28.9. The van der Waals surface area contributed by atoms with Crippen LogP contribution in [0.4, 0.5) is 11.4 Å². The molecule has 0 aliphatic carbocycles. The summed E-state index contributed by atoms with van der Waals surface area (Å²) in [5, 5.41) is 15.9. The zero-order valence-electron chi connectivity index (χ0n) is 23.7. The molecule has 1 aliphatic rings. The topological polar surface area (TPSA) is 76.2 Å². The van der Waals surface area contributed by atoms with Gasteiger partial charge in [0.2, 0.25) is 0 Å². The van der Waals surface area contributed by atoms with Gasteiger partial charge in [-0.15, -0.1) is 0 Å². The Bertz CT molecular complexity index is 1830. The summed E-state index contributed by atoms with van der Waals surface area (Å²) in [5.74, 6) is 0. The minimum absolute atomic E-state index is 0.0770. The van der Waals surface area contributed by atoms with Crippen LogP contribution in [0.25, 0.3) is 5.69 Å². The second kappa shape index (κ2) is 11.8. The van der Waals surface area contributed by atoms with Crippen molar-refractivity contribution >= 4 is 52.1 Å². The molecule has 0 unspecified atom stereocenters. The number of anilines is 1. The lowest BCUT2D eigenvalue weighted by Crippen LogP contribution is -2.29. The minimum Gasteiger partial charge on any atom is -0.351 e. The number of halogens is 1. The second-order valence-corrected chi connectivity index (χ2v) is 12.3. The second-order valence-electron chi connectivity index (χ2n) is 10.4. The van der Waals surface area contributed by atoms with Gasteiger partial charge in [-0.25, -0.2) is 0 Å². The van der Waals surface area contributed by atoms with Crippen molar-refractivity contribution in [3.05, 3.63) is 141 Å². The normalized spacial score (nSPS) is 16.4. The van der Waals surface area contributed by atoms with Gasteiger partial charge in [-0.3, -0.25) is 15.1 Å². The molecule has 6 rings (SSSR count). The van der Waals surface area contributed by atoms with Gasteiger partial charge in [0.25, 0.3) is 5.69 Å². The van der Waals surface area contributed by atoms with Gasteiger partial charge in [0, 0.05) is 55.9 Å². The van der Waals surface area contributed by atoms with Crippen molar-refractivity contribution in [3.63, 3.8) is 0 Å². The molecule has 3 heterocycles. The quantitative estimate of drug-likeness (QED) is 0.110. The van der Waals surface area contributed by atoms with E-state index in [1.807, 2.05) is 55.6 Å². The summed E-state index contributed by atoms with van der Waals surface area (Å²) in [6.07, 6.45) is 1.81. The van der Waals surface area contributed by atoms with E-state index >= 15 is 0 Å². The van der Waals surface area contributed by atoms with E-state index in [0.29, 0.717) is 5.11 Å². The number of thiocarbonyl (C=S) groups is 1. The van der Waals surface area contributed by atoms with Crippen LogP contribution in [0.15, 0.2) is 107 Å². The Morgan fingerprint density at radius 1 is 0.953 bits per heavy atom. The van der Waals surface area contributed by atoms with Crippen molar-refractivity contribution in [2.24, 2.45) is 0 Å². The number of rotatable bonds is 7. The van der Waals surface area contributed by atoms with Gasteiger partial charge >= 0.3 is 0 Å². The number of hydrogen-bond acceptors (Lipinski definition) is 5. The van der Waals surface area contributed by atoms with Crippen LogP contribution in [0.3, 0.4) is 0 Å². The average molecular weight is 626 g/mol. The van der Waals surface area contributed by atoms with Crippen LogP contribution >= 0.6 is 35.6 Å². The Balaban J connectivity index is 1.39. The van der Waals surface area contributed by atoms with E-state index < -0.39 is 4.92 Å². The van der Waals surface area contributed by atoms with Gasteiger partial charge in [0.15, 0.2) is 5.11 Å². The highest BCUT2D eigenvalue weighted by atomic mass is 35.5. The van der Waals surface area contributed by atoms with Crippen molar-refractivity contribution < 1.29 is 4.92 Å². The number of hydrogen-bond donors (Lipinski definition) is 1. The van der Waals surface area contributed by atoms with Crippen molar-refractivity contribution in [3.8, 4) is 5.69 Å². The van der Waals surface area contributed by atoms with E-state index in [4.69, 9.17) is 28.8 Å². The molecular formula is C33H28ClN5O2S2. The maximum atomic E-state index is 11.0. The monoisotopic (exact) mass is 625 g/mol. The number of nitrogens with zero attached hydrogens (tertiary/aromatic N) is 4. The Kier molecular flexibility index (Phi) is 7.96. The fourth-order valence-corrected chi connectivity index (χ4v) is 7.02. The predicted molar refractivity (Wildman–Crippen MR) is 177 cm³/mol. The molecule has 0 spiro atoms. The van der Waals surface area contributed by atoms with Crippen LogP contribution < -0.4 is 10.2 Å². The first-order valence-corrected chi connectivity index (χ1v) is 15.3. The maximum Gasteiger partial charge on any atom is 0.269 e. The van der Waals surface area contributed by atoms with Crippen LogP contribution in [-0.2, 0) is 0 Å². The van der Waals surface area contributed by atoms with E-state index in [0.717, 1.165) is 54.4 Å². The van der Waals surface area contributed by atoms with Crippen molar-refractivity contribution in [2.75, 3.05) is 4.90 Å². The van der Waals surface area contributed by atoms with E-state index in [1.54, 1.807) is 23.9 Å². The van der Waals surface area contributed by atoms with Gasteiger partial charge in [-0.2, -0.15) is 0 Å². The molecule has 0 amide bonds. The highest BCUT2D eigenvalue weighted by molar-refractivity contribution is 7.99. The maximum absolute atomic E-state index is 11.0. The summed E-state index contributed by atoms with van der Waals surface area (Å²) >= 11 is 14.0. The number of pyridine rings is 1. The summed E-state index contributed by atoms with van der Waals surface area (Å²) in [4.78, 5) is 19.4. The molecule has 0 radical (unpaired) electrons. The average Bonchev–Trinajstić information content (AvgIpc) is 3.50. The SMILES string of the molecule is Cc1c(Cl)cccc1-n1c(C)cc([C@H]2[C@H](c3ccccn3)NC(=S)N2c2ccc(Sc3ccc([N+](=O)[O-])cc3)cc2)c1C. The van der Waals surface area contributed by atoms with E-state index in [-0.39, 0.29) is 17.8 Å². The molecule has 10 heteroatoms. The molecule has 1 aliphatic heterocycles. The van der Waals surface area contributed by atoms with Crippen LogP contribution in [0, 0.1) is 30.9 Å². The molecule has 1 saturated heterocycles. The molecule has 7 nitrogen and oxygen atoms in total. The molecule has 0 saturated carbocycles. The molecular weight excluding hydrogens is 598 g/mol. The van der Waals surface area contributed by atoms with Gasteiger partial charge in [-0.1, -0.05) is 35.5 Å². The zero-order chi connectivity index (χ0) is 30.2. The number of aromatic nitrogens is 2. The zero-order valence-corrected chi connectivity index (χ0v) is 26.1. The van der Waals surface area contributed by atoms with Gasteiger partial charge in [-0.05, 0) is 111 Å². The summed E-state index contributed by atoms with van der Waals surface area (Å²) in [6.45, 7) is 6.30. The smallest absolute Gasteiger partial charge is 0.269 e. The summed E-state index contributed by atoms with van der Waals surface area (Å²) in [7, 11) is 0. The number of non-ortho nitro benzene ring substituents is 1. The molecule has 2 aromatic heterocycles. The van der Waals surface area contributed by atoms with Crippen molar-refractivity contribution in [1.29, 1.82) is 0 Å². The molecule has 3 aromatic carbocycles. The number of nitro groups is 1. The first-order chi connectivity index (χ1) is 20.7. The molecule has 0 bridgehead atoms. The summed E-state index contributed by atoms with van der Waals surface area (Å²) in [5.41, 5.74) is 7.37. The molecule has 5 aromatic rings. The number of nitro benzene ring substituents is 1. The molecule has 1 N–H and O–H groups in total. The Morgan fingerprint density at radius 3 is 2.30 bits per heavy atom. The van der Waals surface area contributed by atoms with Crippen LogP contribution in [-0.4, -0.2) is 19.6 Å². The summed E-state index contributed by atoms with van der Waals surface area (Å²) in [6, 6.07) is 28.6. The fraction of sp³-hybridized carbons (Fsp3) is 0.152. The number of nitrogens with one attached hydrogen (secondary N) is 1. The number of aryl methyl sites for hydroxylation is 1. The lowest BCUT2D eigenvalue weighted by molar-refractivity contribution is -0.384.